The molecule has 6 nitrogen and oxygen atoms in total. The molecule has 8 heteroatoms. The van der Waals surface area contributed by atoms with Crippen molar-refractivity contribution >= 4 is 11.1 Å². The van der Waals surface area contributed by atoms with Gasteiger partial charge in [-0.15, -0.1) is 0 Å². The van der Waals surface area contributed by atoms with E-state index in [9.17, 15) is 8.78 Å². The van der Waals surface area contributed by atoms with E-state index in [1.165, 1.54) is 12.5 Å². The molecule has 5 rings (SSSR count). The van der Waals surface area contributed by atoms with Crippen molar-refractivity contribution in [3.05, 3.63) is 78.8 Å². The Hall–Kier alpha value is -3.91. The molecule has 5 aromatic rings. The fourth-order valence-corrected chi connectivity index (χ4v) is 3.70. The molecule has 33 heavy (non-hydrogen) atoms. The van der Waals surface area contributed by atoms with E-state index in [2.05, 4.69) is 15.1 Å². The predicted octanol–water partition coefficient (Wildman–Crippen LogP) is 5.36. The Labute approximate surface area is 188 Å². The number of rotatable bonds is 6. The van der Waals surface area contributed by atoms with Crippen LogP contribution in [-0.2, 0) is 6.54 Å². The summed E-state index contributed by atoms with van der Waals surface area (Å²) in [5.74, 6) is -2.67. The van der Waals surface area contributed by atoms with Crippen LogP contribution in [-0.4, -0.2) is 37.4 Å². The Morgan fingerprint density at radius 1 is 0.970 bits per heavy atom. The van der Waals surface area contributed by atoms with E-state index in [0.29, 0.717) is 33.8 Å². The van der Waals surface area contributed by atoms with Crippen molar-refractivity contribution in [2.24, 2.45) is 0 Å². The van der Waals surface area contributed by atoms with Gasteiger partial charge in [0, 0.05) is 22.9 Å². The van der Waals surface area contributed by atoms with Crippen molar-refractivity contribution in [1.29, 1.82) is 0 Å². The lowest BCUT2D eigenvalue weighted by molar-refractivity contribution is -0.0651. The van der Waals surface area contributed by atoms with Gasteiger partial charge in [0.1, 0.15) is 30.9 Å². The van der Waals surface area contributed by atoms with Gasteiger partial charge in [-0.1, -0.05) is 60.2 Å². The number of aryl methyl sites for hydroxylation is 1. The third-order valence-corrected chi connectivity index (χ3v) is 5.35. The summed E-state index contributed by atoms with van der Waals surface area (Å²) in [7, 11) is 0. The monoisotopic (exact) mass is 446 g/mol. The van der Waals surface area contributed by atoms with E-state index in [1.807, 2.05) is 67.6 Å². The van der Waals surface area contributed by atoms with Crippen LogP contribution in [0.15, 0.2) is 77.6 Å². The molecule has 0 saturated heterocycles. The number of furan rings is 1. The molecule has 0 radical (unpaired) electrons. The molecule has 0 bridgehead atoms. The fraction of sp³-hybridized carbons (Fsp3) is 0.160. The third kappa shape index (κ3) is 4.12. The Morgan fingerprint density at radius 2 is 1.73 bits per heavy atom. The number of aliphatic hydroxyl groups is 1. The van der Waals surface area contributed by atoms with Crippen LogP contribution >= 0.6 is 0 Å². The summed E-state index contributed by atoms with van der Waals surface area (Å²) in [5, 5.41) is 14.1. The van der Waals surface area contributed by atoms with Crippen LogP contribution in [0.25, 0.3) is 44.9 Å². The quantitative estimate of drug-likeness (QED) is 0.380. The largest absolute Gasteiger partial charge is 0.438 e. The Morgan fingerprint density at radius 3 is 2.45 bits per heavy atom. The second kappa shape index (κ2) is 8.22. The third-order valence-electron chi connectivity index (χ3n) is 5.35. The second-order valence-corrected chi connectivity index (χ2v) is 7.89. The normalized spacial score (nSPS) is 11.9. The van der Waals surface area contributed by atoms with E-state index in [1.54, 1.807) is 0 Å². The number of halogens is 2. The summed E-state index contributed by atoms with van der Waals surface area (Å²) in [5.41, 5.74) is 4.71. The summed E-state index contributed by atoms with van der Waals surface area (Å²) in [4.78, 5) is 8.71. The molecule has 0 atom stereocenters. The van der Waals surface area contributed by atoms with Gasteiger partial charge < -0.3 is 9.52 Å². The smallest absolute Gasteiger partial charge is 0.289 e. The van der Waals surface area contributed by atoms with Gasteiger partial charge >= 0.3 is 0 Å². The predicted molar refractivity (Wildman–Crippen MR) is 121 cm³/mol. The van der Waals surface area contributed by atoms with Gasteiger partial charge in [0.15, 0.2) is 0 Å². The number of hydrogen-bond donors (Lipinski definition) is 1. The van der Waals surface area contributed by atoms with Gasteiger partial charge in [0.05, 0.1) is 11.1 Å². The molecular formula is C25H20F2N4O2. The molecule has 0 aliphatic rings. The molecule has 0 amide bonds. The summed E-state index contributed by atoms with van der Waals surface area (Å²) in [6.07, 6.45) is 2.91. The lowest BCUT2D eigenvalue weighted by Crippen LogP contribution is -2.28. The van der Waals surface area contributed by atoms with Crippen molar-refractivity contribution in [3.8, 4) is 33.8 Å². The van der Waals surface area contributed by atoms with Crippen LogP contribution in [0.2, 0.25) is 0 Å². The van der Waals surface area contributed by atoms with Gasteiger partial charge in [0.2, 0.25) is 5.71 Å². The van der Waals surface area contributed by atoms with E-state index >= 15 is 0 Å². The van der Waals surface area contributed by atoms with E-state index in [0.717, 1.165) is 21.4 Å². The molecule has 0 aliphatic carbocycles. The molecule has 3 aromatic heterocycles. The molecule has 0 aliphatic heterocycles. The van der Waals surface area contributed by atoms with Crippen molar-refractivity contribution in [3.63, 3.8) is 0 Å². The first-order valence-corrected chi connectivity index (χ1v) is 10.4. The van der Waals surface area contributed by atoms with Gasteiger partial charge in [-0.25, -0.2) is 18.7 Å². The Balaban J connectivity index is 1.68. The minimum Gasteiger partial charge on any atom is -0.438 e. The standard InChI is InChI=1S/C25H20F2N4O2/c1-16-7-9-18(10-8-16)22-20(12-31(30-22)13-25(26,27)14-32)23-19-11-21(17-5-3-2-4-6-17)33-24(19)29-15-28-23/h2-12,15,32H,13-14H2,1H3. The first kappa shape index (κ1) is 21.0. The summed E-state index contributed by atoms with van der Waals surface area (Å²) in [6, 6.07) is 19.1. The second-order valence-electron chi connectivity index (χ2n) is 7.89. The summed E-state index contributed by atoms with van der Waals surface area (Å²) >= 11 is 0. The van der Waals surface area contributed by atoms with Crippen molar-refractivity contribution in [1.82, 2.24) is 19.7 Å². The summed E-state index contributed by atoms with van der Waals surface area (Å²) in [6.45, 7) is -0.0468. The Kier molecular flexibility index (Phi) is 5.22. The molecule has 0 saturated carbocycles. The van der Waals surface area contributed by atoms with Gasteiger partial charge in [0.25, 0.3) is 5.92 Å². The topological polar surface area (TPSA) is 77.0 Å². The van der Waals surface area contributed by atoms with Crippen LogP contribution in [0.4, 0.5) is 8.78 Å². The zero-order valence-electron chi connectivity index (χ0n) is 17.7. The number of nitrogens with zero attached hydrogens (tertiary/aromatic N) is 4. The lowest BCUT2D eigenvalue weighted by atomic mass is 10.0. The SMILES string of the molecule is Cc1ccc(-c2nn(CC(F)(F)CO)cc2-c2ncnc3oc(-c4ccccc4)cc23)cc1. The van der Waals surface area contributed by atoms with E-state index < -0.39 is 19.1 Å². The highest BCUT2D eigenvalue weighted by Gasteiger charge is 2.30. The number of fused-ring (bicyclic) bond motifs is 1. The molecule has 0 spiro atoms. The summed E-state index contributed by atoms with van der Waals surface area (Å²) < 4.78 is 35.0. The average Bonchev–Trinajstić information content (AvgIpc) is 3.44. The zero-order chi connectivity index (χ0) is 23.0. The van der Waals surface area contributed by atoms with Crippen LogP contribution < -0.4 is 0 Å². The maximum Gasteiger partial charge on any atom is 0.289 e. The fourth-order valence-electron chi connectivity index (χ4n) is 3.70. The number of alkyl halides is 2. The highest BCUT2D eigenvalue weighted by Crippen LogP contribution is 2.37. The minimum absolute atomic E-state index is 0.391. The molecule has 1 N–H and O–H groups in total. The van der Waals surface area contributed by atoms with Gasteiger partial charge in [-0.3, -0.25) is 4.68 Å². The van der Waals surface area contributed by atoms with Crippen molar-refractivity contribution in [2.75, 3.05) is 6.61 Å². The van der Waals surface area contributed by atoms with E-state index in [-0.39, 0.29) is 0 Å². The van der Waals surface area contributed by atoms with Gasteiger partial charge in [-0.2, -0.15) is 5.10 Å². The average molecular weight is 446 g/mol. The van der Waals surface area contributed by atoms with Gasteiger partial charge in [-0.05, 0) is 13.0 Å². The highest BCUT2D eigenvalue weighted by molar-refractivity contribution is 5.95. The van der Waals surface area contributed by atoms with Crippen molar-refractivity contribution in [2.45, 2.75) is 19.4 Å². The molecule has 2 aromatic carbocycles. The van der Waals surface area contributed by atoms with Crippen LogP contribution in [0.5, 0.6) is 0 Å². The number of aromatic nitrogens is 4. The molecule has 0 fully saturated rings. The molecular weight excluding hydrogens is 426 g/mol. The minimum atomic E-state index is -3.30. The zero-order valence-corrected chi connectivity index (χ0v) is 17.7. The molecule has 3 heterocycles. The molecule has 0 unspecified atom stereocenters. The number of hydrogen-bond acceptors (Lipinski definition) is 5. The molecule has 166 valence electrons. The van der Waals surface area contributed by atoms with Crippen LogP contribution in [0.1, 0.15) is 5.56 Å². The van der Waals surface area contributed by atoms with Crippen LogP contribution in [0, 0.1) is 6.92 Å². The highest BCUT2D eigenvalue weighted by atomic mass is 19.3. The number of aliphatic hydroxyl groups excluding tert-OH is 1. The lowest BCUT2D eigenvalue weighted by Gasteiger charge is -2.12. The first-order chi connectivity index (χ1) is 15.9. The van der Waals surface area contributed by atoms with Crippen LogP contribution in [0.3, 0.4) is 0 Å². The first-order valence-electron chi connectivity index (χ1n) is 10.4. The maximum absolute atomic E-state index is 13.9. The number of benzene rings is 2. The Bertz CT molecular complexity index is 1410. The van der Waals surface area contributed by atoms with E-state index in [4.69, 9.17) is 9.52 Å². The maximum atomic E-state index is 13.9. The van der Waals surface area contributed by atoms with Crippen molar-refractivity contribution < 1.29 is 18.3 Å².